The van der Waals surface area contributed by atoms with Crippen LogP contribution in [0.3, 0.4) is 0 Å². The SMILES string of the molecule is CCOc1cccc(-c2nc(C)c(CCNC)c(C)n2)c1. The van der Waals surface area contributed by atoms with E-state index in [0.29, 0.717) is 6.61 Å². The van der Waals surface area contributed by atoms with E-state index >= 15 is 0 Å². The van der Waals surface area contributed by atoms with Gasteiger partial charge in [-0.1, -0.05) is 12.1 Å². The fraction of sp³-hybridized carbons (Fsp3) is 0.412. The van der Waals surface area contributed by atoms with Crippen LogP contribution in [0.4, 0.5) is 0 Å². The average Bonchev–Trinajstić information content (AvgIpc) is 2.47. The highest BCUT2D eigenvalue weighted by molar-refractivity contribution is 5.58. The number of benzene rings is 1. The summed E-state index contributed by atoms with van der Waals surface area (Å²) in [4.78, 5) is 9.33. The molecular formula is C17H23N3O. The maximum absolute atomic E-state index is 5.54. The van der Waals surface area contributed by atoms with Crippen LogP contribution in [0.1, 0.15) is 23.9 Å². The largest absolute Gasteiger partial charge is 0.494 e. The zero-order chi connectivity index (χ0) is 15.2. The van der Waals surface area contributed by atoms with Gasteiger partial charge in [-0.05, 0) is 58.5 Å². The molecule has 0 saturated carbocycles. The summed E-state index contributed by atoms with van der Waals surface area (Å²) in [5.74, 6) is 1.62. The molecule has 2 aromatic rings. The molecule has 0 aliphatic heterocycles. The number of hydrogen-bond acceptors (Lipinski definition) is 4. The van der Waals surface area contributed by atoms with Crippen LogP contribution in [-0.4, -0.2) is 30.2 Å². The Bertz CT molecular complexity index is 588. The van der Waals surface area contributed by atoms with Gasteiger partial charge in [-0.15, -0.1) is 0 Å². The van der Waals surface area contributed by atoms with E-state index in [9.17, 15) is 0 Å². The summed E-state index contributed by atoms with van der Waals surface area (Å²) < 4.78 is 5.54. The van der Waals surface area contributed by atoms with Crippen molar-refractivity contribution in [2.24, 2.45) is 0 Å². The average molecular weight is 285 g/mol. The van der Waals surface area contributed by atoms with Gasteiger partial charge in [0.15, 0.2) is 5.82 Å². The van der Waals surface area contributed by atoms with E-state index in [1.807, 2.05) is 38.2 Å². The van der Waals surface area contributed by atoms with Crippen molar-refractivity contribution < 1.29 is 4.74 Å². The number of nitrogens with one attached hydrogen (secondary N) is 1. The highest BCUT2D eigenvalue weighted by Gasteiger charge is 2.10. The lowest BCUT2D eigenvalue weighted by molar-refractivity contribution is 0.340. The van der Waals surface area contributed by atoms with Gasteiger partial charge in [-0.3, -0.25) is 0 Å². The predicted molar refractivity (Wildman–Crippen MR) is 85.7 cm³/mol. The first-order valence-corrected chi connectivity index (χ1v) is 7.37. The Morgan fingerprint density at radius 3 is 2.48 bits per heavy atom. The topological polar surface area (TPSA) is 47.0 Å². The quantitative estimate of drug-likeness (QED) is 0.886. The molecule has 0 amide bonds. The van der Waals surface area contributed by atoms with Gasteiger partial charge < -0.3 is 10.1 Å². The fourth-order valence-electron chi connectivity index (χ4n) is 2.37. The predicted octanol–water partition coefficient (Wildman–Crippen LogP) is 2.92. The first-order chi connectivity index (χ1) is 10.2. The second-order valence-electron chi connectivity index (χ2n) is 5.01. The molecule has 4 heteroatoms. The molecule has 0 spiro atoms. The second-order valence-corrected chi connectivity index (χ2v) is 5.01. The smallest absolute Gasteiger partial charge is 0.159 e. The molecule has 2 rings (SSSR count). The second kappa shape index (κ2) is 7.18. The Kier molecular flexibility index (Phi) is 5.28. The molecule has 21 heavy (non-hydrogen) atoms. The third-order valence-corrected chi connectivity index (χ3v) is 3.45. The Balaban J connectivity index is 2.34. The van der Waals surface area contributed by atoms with Gasteiger partial charge in [0.25, 0.3) is 0 Å². The van der Waals surface area contributed by atoms with Crippen LogP contribution in [0.15, 0.2) is 24.3 Å². The van der Waals surface area contributed by atoms with Gasteiger partial charge >= 0.3 is 0 Å². The molecule has 0 aliphatic rings. The summed E-state index contributed by atoms with van der Waals surface area (Å²) in [6, 6.07) is 7.94. The van der Waals surface area contributed by atoms with Crippen LogP contribution < -0.4 is 10.1 Å². The summed E-state index contributed by atoms with van der Waals surface area (Å²) in [6.07, 6.45) is 0.952. The van der Waals surface area contributed by atoms with E-state index in [0.717, 1.165) is 41.5 Å². The van der Waals surface area contributed by atoms with Gasteiger partial charge in [0, 0.05) is 17.0 Å². The Morgan fingerprint density at radius 2 is 1.86 bits per heavy atom. The van der Waals surface area contributed by atoms with E-state index in [-0.39, 0.29) is 0 Å². The minimum Gasteiger partial charge on any atom is -0.494 e. The van der Waals surface area contributed by atoms with Gasteiger partial charge in [0.05, 0.1) is 6.61 Å². The number of aryl methyl sites for hydroxylation is 2. The molecule has 0 fully saturated rings. The molecule has 0 atom stereocenters. The van der Waals surface area contributed by atoms with Gasteiger partial charge in [-0.2, -0.15) is 0 Å². The monoisotopic (exact) mass is 285 g/mol. The lowest BCUT2D eigenvalue weighted by Crippen LogP contribution is -2.13. The van der Waals surface area contributed by atoms with Crippen LogP contribution in [0.2, 0.25) is 0 Å². The zero-order valence-corrected chi connectivity index (χ0v) is 13.2. The van der Waals surface area contributed by atoms with Crippen LogP contribution in [-0.2, 0) is 6.42 Å². The van der Waals surface area contributed by atoms with Gasteiger partial charge in [0.2, 0.25) is 0 Å². The summed E-state index contributed by atoms with van der Waals surface area (Å²) in [5, 5.41) is 3.17. The van der Waals surface area contributed by atoms with Crippen molar-refractivity contribution in [2.75, 3.05) is 20.2 Å². The molecule has 1 aromatic heterocycles. The normalized spacial score (nSPS) is 10.7. The molecular weight excluding hydrogens is 262 g/mol. The summed E-state index contributed by atoms with van der Waals surface area (Å²) >= 11 is 0. The Morgan fingerprint density at radius 1 is 1.14 bits per heavy atom. The van der Waals surface area contributed by atoms with Crippen molar-refractivity contribution in [2.45, 2.75) is 27.2 Å². The Labute approximate surface area is 126 Å². The number of hydrogen-bond donors (Lipinski definition) is 1. The summed E-state index contributed by atoms with van der Waals surface area (Å²) in [6.45, 7) is 7.68. The highest BCUT2D eigenvalue weighted by Crippen LogP contribution is 2.23. The highest BCUT2D eigenvalue weighted by atomic mass is 16.5. The minimum atomic E-state index is 0.658. The molecule has 0 bridgehead atoms. The molecule has 0 radical (unpaired) electrons. The van der Waals surface area contributed by atoms with Crippen molar-refractivity contribution in [3.63, 3.8) is 0 Å². The third kappa shape index (κ3) is 3.79. The Hall–Kier alpha value is -1.94. The maximum Gasteiger partial charge on any atom is 0.159 e. The number of rotatable bonds is 6. The van der Waals surface area contributed by atoms with E-state index in [4.69, 9.17) is 4.74 Å². The van der Waals surface area contributed by atoms with Crippen molar-refractivity contribution >= 4 is 0 Å². The standard InChI is InChI=1S/C17H23N3O/c1-5-21-15-8-6-7-14(11-15)17-19-12(2)16(9-10-18-4)13(3)20-17/h6-8,11,18H,5,9-10H2,1-4H3. The molecule has 112 valence electrons. The molecule has 1 aromatic carbocycles. The zero-order valence-electron chi connectivity index (χ0n) is 13.2. The number of ether oxygens (including phenoxy) is 1. The lowest BCUT2D eigenvalue weighted by Gasteiger charge is -2.11. The van der Waals surface area contributed by atoms with Crippen molar-refractivity contribution in [1.29, 1.82) is 0 Å². The van der Waals surface area contributed by atoms with Crippen molar-refractivity contribution in [1.82, 2.24) is 15.3 Å². The van der Waals surface area contributed by atoms with E-state index in [2.05, 4.69) is 29.1 Å². The minimum absolute atomic E-state index is 0.658. The first kappa shape index (κ1) is 15.4. The van der Waals surface area contributed by atoms with Crippen LogP contribution in [0.25, 0.3) is 11.4 Å². The third-order valence-electron chi connectivity index (χ3n) is 3.45. The van der Waals surface area contributed by atoms with Crippen LogP contribution >= 0.6 is 0 Å². The molecule has 0 saturated heterocycles. The van der Waals surface area contributed by atoms with E-state index in [1.54, 1.807) is 0 Å². The summed E-state index contributed by atoms with van der Waals surface area (Å²) in [5.41, 5.74) is 4.32. The van der Waals surface area contributed by atoms with Crippen LogP contribution in [0, 0.1) is 13.8 Å². The van der Waals surface area contributed by atoms with Crippen LogP contribution in [0.5, 0.6) is 5.75 Å². The summed E-state index contributed by atoms with van der Waals surface area (Å²) in [7, 11) is 1.96. The van der Waals surface area contributed by atoms with E-state index in [1.165, 1.54) is 5.56 Å². The van der Waals surface area contributed by atoms with Crippen molar-refractivity contribution in [3.8, 4) is 17.1 Å². The van der Waals surface area contributed by atoms with Gasteiger partial charge in [-0.25, -0.2) is 9.97 Å². The molecule has 4 nitrogen and oxygen atoms in total. The van der Waals surface area contributed by atoms with Gasteiger partial charge in [0.1, 0.15) is 5.75 Å². The van der Waals surface area contributed by atoms with Crippen molar-refractivity contribution in [3.05, 3.63) is 41.2 Å². The molecule has 0 unspecified atom stereocenters. The fourth-order valence-corrected chi connectivity index (χ4v) is 2.37. The lowest BCUT2D eigenvalue weighted by atomic mass is 10.1. The van der Waals surface area contributed by atoms with E-state index < -0.39 is 0 Å². The molecule has 1 N–H and O–H groups in total. The molecule has 1 heterocycles. The number of likely N-dealkylation sites (N-methyl/N-ethyl adjacent to an activating group) is 1. The first-order valence-electron chi connectivity index (χ1n) is 7.37. The number of aromatic nitrogens is 2. The maximum atomic E-state index is 5.54. The molecule has 0 aliphatic carbocycles. The number of nitrogens with zero attached hydrogens (tertiary/aromatic N) is 2.